The molecular weight excluding hydrogens is 354 g/mol. The van der Waals surface area contributed by atoms with Crippen LogP contribution in [0.4, 0.5) is 5.69 Å². The zero-order chi connectivity index (χ0) is 20.1. The van der Waals surface area contributed by atoms with E-state index in [1.165, 1.54) is 31.4 Å². The molecule has 3 aliphatic rings. The van der Waals surface area contributed by atoms with Crippen molar-refractivity contribution in [3.05, 3.63) is 23.3 Å². The minimum atomic E-state index is -0.162. The molecule has 0 aliphatic heterocycles. The smallest absolute Gasteiger partial charge is 0.302 e. The van der Waals surface area contributed by atoms with Crippen molar-refractivity contribution in [2.75, 3.05) is 12.4 Å². The predicted molar refractivity (Wildman–Crippen MR) is 107 cm³/mol. The summed E-state index contributed by atoms with van der Waals surface area (Å²) in [7, 11) is 1.65. The molecule has 5 heteroatoms. The van der Waals surface area contributed by atoms with Crippen molar-refractivity contribution in [3.8, 4) is 5.75 Å². The summed E-state index contributed by atoms with van der Waals surface area (Å²) >= 11 is 0. The lowest BCUT2D eigenvalue weighted by atomic mass is 9.56. The van der Waals surface area contributed by atoms with Crippen LogP contribution >= 0.6 is 0 Å². The average Bonchev–Trinajstić information content (AvgIpc) is 2.95. The van der Waals surface area contributed by atoms with Gasteiger partial charge >= 0.3 is 5.97 Å². The number of rotatable bonds is 3. The van der Waals surface area contributed by atoms with Crippen LogP contribution in [0.3, 0.4) is 0 Å². The molecule has 0 bridgehead atoms. The van der Waals surface area contributed by atoms with Gasteiger partial charge in [0.1, 0.15) is 11.9 Å². The van der Waals surface area contributed by atoms with E-state index in [1.54, 1.807) is 7.11 Å². The van der Waals surface area contributed by atoms with E-state index in [0.717, 1.165) is 43.5 Å². The number of nitrogens with one attached hydrogen (secondary N) is 1. The van der Waals surface area contributed by atoms with Crippen LogP contribution in [0.2, 0.25) is 0 Å². The van der Waals surface area contributed by atoms with Crippen molar-refractivity contribution in [2.24, 2.45) is 17.3 Å². The average molecular weight is 386 g/mol. The van der Waals surface area contributed by atoms with Gasteiger partial charge in [0.2, 0.25) is 5.91 Å². The Bertz CT molecular complexity index is 804. The highest BCUT2D eigenvalue weighted by molar-refractivity contribution is 5.90. The van der Waals surface area contributed by atoms with E-state index in [0.29, 0.717) is 17.8 Å². The Hall–Kier alpha value is -2.04. The SMILES string of the molecule is COc1cc2c(cc1NC(C)=O)[C@H]1CC[C@]3(C)C[C@H](OC(C)=O)C[C@H]3[C@@H]1CC2. The Kier molecular flexibility index (Phi) is 4.88. The Morgan fingerprint density at radius 3 is 2.68 bits per heavy atom. The molecule has 2 fully saturated rings. The van der Waals surface area contributed by atoms with Crippen LogP contribution in [0.25, 0.3) is 0 Å². The Morgan fingerprint density at radius 1 is 1.21 bits per heavy atom. The second kappa shape index (κ2) is 7.09. The fourth-order valence-electron chi connectivity index (χ4n) is 6.37. The summed E-state index contributed by atoms with van der Waals surface area (Å²) < 4.78 is 11.1. The van der Waals surface area contributed by atoms with Crippen LogP contribution in [-0.4, -0.2) is 25.1 Å². The molecule has 2 saturated carbocycles. The first-order chi connectivity index (χ1) is 13.3. The molecule has 0 aromatic heterocycles. The van der Waals surface area contributed by atoms with E-state index in [1.807, 2.05) is 0 Å². The highest BCUT2D eigenvalue weighted by Gasteiger charge is 2.53. The summed E-state index contributed by atoms with van der Waals surface area (Å²) in [4.78, 5) is 23.1. The van der Waals surface area contributed by atoms with Crippen molar-refractivity contribution < 1.29 is 19.1 Å². The minimum Gasteiger partial charge on any atom is -0.495 e. The molecule has 3 aliphatic carbocycles. The van der Waals surface area contributed by atoms with Crippen molar-refractivity contribution in [2.45, 2.75) is 71.3 Å². The summed E-state index contributed by atoms with van der Waals surface area (Å²) in [6.45, 7) is 5.44. The predicted octanol–water partition coefficient (Wildman–Crippen LogP) is 4.44. The molecule has 0 spiro atoms. The Morgan fingerprint density at radius 2 is 2.00 bits per heavy atom. The molecule has 0 radical (unpaired) electrons. The van der Waals surface area contributed by atoms with Gasteiger partial charge in [0.15, 0.2) is 0 Å². The Labute approximate surface area is 167 Å². The van der Waals surface area contributed by atoms with Crippen molar-refractivity contribution in [1.29, 1.82) is 0 Å². The van der Waals surface area contributed by atoms with Gasteiger partial charge in [-0.2, -0.15) is 0 Å². The number of hydrogen-bond donors (Lipinski definition) is 1. The topological polar surface area (TPSA) is 64.6 Å². The lowest BCUT2D eigenvalue weighted by Crippen LogP contribution is -2.39. The second-order valence-electron chi connectivity index (χ2n) is 9.21. The van der Waals surface area contributed by atoms with Crippen molar-refractivity contribution >= 4 is 17.6 Å². The summed E-state index contributed by atoms with van der Waals surface area (Å²) in [5.74, 6) is 2.22. The molecule has 28 heavy (non-hydrogen) atoms. The van der Waals surface area contributed by atoms with E-state index >= 15 is 0 Å². The normalized spacial score (nSPS) is 33.3. The minimum absolute atomic E-state index is 0.0680. The molecule has 1 amide bonds. The molecule has 152 valence electrons. The van der Waals surface area contributed by atoms with Gasteiger partial charge in [-0.05, 0) is 85.0 Å². The molecule has 0 saturated heterocycles. The van der Waals surface area contributed by atoms with Crippen LogP contribution in [-0.2, 0) is 20.7 Å². The largest absolute Gasteiger partial charge is 0.495 e. The monoisotopic (exact) mass is 385 g/mol. The quantitative estimate of drug-likeness (QED) is 0.781. The van der Waals surface area contributed by atoms with E-state index in [4.69, 9.17) is 9.47 Å². The number of ether oxygens (including phenoxy) is 2. The van der Waals surface area contributed by atoms with Gasteiger partial charge in [0, 0.05) is 13.8 Å². The molecular formula is C23H31NO4. The fraction of sp³-hybridized carbons (Fsp3) is 0.652. The van der Waals surface area contributed by atoms with Crippen LogP contribution in [0.5, 0.6) is 5.75 Å². The van der Waals surface area contributed by atoms with E-state index in [2.05, 4.69) is 24.4 Å². The maximum atomic E-state index is 11.6. The molecule has 1 N–H and O–H groups in total. The van der Waals surface area contributed by atoms with Crippen LogP contribution in [0.1, 0.15) is 69.9 Å². The number of methoxy groups -OCH3 is 1. The van der Waals surface area contributed by atoms with Gasteiger partial charge in [-0.25, -0.2) is 0 Å². The molecule has 1 aromatic carbocycles. The highest BCUT2D eigenvalue weighted by Crippen LogP contribution is 2.61. The molecule has 1 aromatic rings. The summed E-state index contributed by atoms with van der Waals surface area (Å²) in [5.41, 5.74) is 3.77. The maximum Gasteiger partial charge on any atom is 0.302 e. The van der Waals surface area contributed by atoms with Gasteiger partial charge in [-0.15, -0.1) is 0 Å². The summed E-state index contributed by atoms with van der Waals surface area (Å²) in [5, 5.41) is 2.93. The number of fused-ring (bicyclic) bond motifs is 5. The zero-order valence-electron chi connectivity index (χ0n) is 17.3. The lowest BCUT2D eigenvalue weighted by Gasteiger charge is -2.49. The molecule has 5 nitrogen and oxygen atoms in total. The first-order valence-corrected chi connectivity index (χ1v) is 10.5. The van der Waals surface area contributed by atoms with E-state index in [-0.39, 0.29) is 23.4 Å². The highest BCUT2D eigenvalue weighted by atomic mass is 16.5. The standard InChI is InChI=1S/C23H31NO4/c1-13(25)24-21-11-19-15(9-22(21)27-4)5-6-18-17(19)7-8-23(3)12-16(10-20(18)23)28-14(2)26/h9,11,16-18,20H,5-8,10,12H2,1-4H3,(H,24,25)/t16-,17+,18-,20+,23-/m1/s1. The molecule has 4 rings (SSSR count). The third-order valence-electron chi connectivity index (χ3n) is 7.42. The maximum absolute atomic E-state index is 11.6. The van der Waals surface area contributed by atoms with Gasteiger partial charge in [-0.3, -0.25) is 9.59 Å². The number of carbonyl (C=O) groups excluding carboxylic acids is 2. The third-order valence-corrected chi connectivity index (χ3v) is 7.42. The van der Waals surface area contributed by atoms with Gasteiger partial charge in [0.25, 0.3) is 0 Å². The first kappa shape index (κ1) is 19.3. The van der Waals surface area contributed by atoms with Gasteiger partial charge < -0.3 is 14.8 Å². The number of benzene rings is 1. The number of esters is 1. The number of carbonyl (C=O) groups is 2. The number of amides is 1. The second-order valence-corrected chi connectivity index (χ2v) is 9.21. The zero-order valence-corrected chi connectivity index (χ0v) is 17.3. The van der Waals surface area contributed by atoms with Crippen LogP contribution in [0.15, 0.2) is 12.1 Å². The van der Waals surface area contributed by atoms with Gasteiger partial charge in [-0.1, -0.05) is 6.92 Å². The van der Waals surface area contributed by atoms with Crippen molar-refractivity contribution in [3.63, 3.8) is 0 Å². The van der Waals surface area contributed by atoms with E-state index in [9.17, 15) is 9.59 Å². The van der Waals surface area contributed by atoms with E-state index < -0.39 is 0 Å². The number of hydrogen-bond acceptors (Lipinski definition) is 4. The molecule has 0 heterocycles. The summed E-state index contributed by atoms with van der Waals surface area (Å²) in [6, 6.07) is 4.26. The Balaban J connectivity index is 1.64. The van der Waals surface area contributed by atoms with Crippen LogP contribution < -0.4 is 10.1 Å². The van der Waals surface area contributed by atoms with Crippen molar-refractivity contribution in [1.82, 2.24) is 0 Å². The van der Waals surface area contributed by atoms with Crippen LogP contribution in [0, 0.1) is 17.3 Å². The number of aryl methyl sites for hydroxylation is 1. The summed E-state index contributed by atoms with van der Waals surface area (Å²) in [6.07, 6.45) is 6.58. The lowest BCUT2D eigenvalue weighted by molar-refractivity contribution is -0.146. The van der Waals surface area contributed by atoms with Gasteiger partial charge in [0.05, 0.1) is 12.8 Å². The first-order valence-electron chi connectivity index (χ1n) is 10.5. The number of anilines is 1. The fourth-order valence-corrected chi connectivity index (χ4v) is 6.37. The third kappa shape index (κ3) is 3.29. The molecule has 5 atom stereocenters. The molecule has 0 unspecified atom stereocenters.